The summed E-state index contributed by atoms with van der Waals surface area (Å²) in [5.41, 5.74) is 2.13. The largest absolute Gasteiger partial charge is 0.482 e. The van der Waals surface area contributed by atoms with Crippen LogP contribution in [-0.4, -0.2) is 16.7 Å². The summed E-state index contributed by atoms with van der Waals surface area (Å²) in [5, 5.41) is 4.43. The third-order valence-corrected chi connectivity index (χ3v) is 3.95. The molecule has 0 N–H and O–H groups in total. The zero-order valence-corrected chi connectivity index (χ0v) is 14.9. The molecule has 1 heterocycles. The maximum Gasteiger partial charge on any atom is 0.264 e. The van der Waals surface area contributed by atoms with Gasteiger partial charge in [0.05, 0.1) is 5.02 Å². The monoisotopic (exact) mass is 358 g/mol. The predicted octanol–water partition coefficient (Wildman–Crippen LogP) is 5.07. The molecule has 1 aromatic heterocycles. The minimum Gasteiger partial charge on any atom is -0.482 e. The number of rotatable bonds is 7. The second-order valence-corrected chi connectivity index (χ2v) is 5.85. The average molecular weight is 359 g/mol. The first-order chi connectivity index (χ1) is 12.2. The van der Waals surface area contributed by atoms with E-state index in [1.165, 1.54) is 0 Å². The van der Waals surface area contributed by atoms with Gasteiger partial charge in [0.1, 0.15) is 11.9 Å². The Morgan fingerprint density at radius 3 is 2.64 bits per heavy atom. The van der Waals surface area contributed by atoms with Crippen molar-refractivity contribution in [3.05, 3.63) is 65.3 Å². The van der Waals surface area contributed by atoms with E-state index in [1.807, 2.05) is 62.4 Å². The van der Waals surface area contributed by atoms with Crippen molar-refractivity contribution >= 4 is 11.6 Å². The molecule has 130 valence electrons. The molecule has 3 rings (SSSR count). The molecule has 1 unspecified atom stereocenters. The van der Waals surface area contributed by atoms with Crippen LogP contribution in [0.25, 0.3) is 11.1 Å². The molecule has 0 spiro atoms. The quantitative estimate of drug-likeness (QED) is 0.590. The Morgan fingerprint density at radius 2 is 1.92 bits per heavy atom. The van der Waals surface area contributed by atoms with Crippen LogP contribution in [-0.2, 0) is 11.3 Å². The summed E-state index contributed by atoms with van der Waals surface area (Å²) in [7, 11) is 0. The highest BCUT2D eigenvalue weighted by Crippen LogP contribution is 2.30. The van der Waals surface area contributed by atoms with E-state index in [2.05, 4.69) is 10.1 Å². The summed E-state index contributed by atoms with van der Waals surface area (Å²) in [4.78, 5) is 4.27. The summed E-state index contributed by atoms with van der Waals surface area (Å²) in [6, 6.07) is 15.7. The predicted molar refractivity (Wildman–Crippen MR) is 95.6 cm³/mol. The van der Waals surface area contributed by atoms with Gasteiger partial charge in [-0.2, -0.15) is 4.98 Å². The topological polar surface area (TPSA) is 57.4 Å². The van der Waals surface area contributed by atoms with Gasteiger partial charge in [0.25, 0.3) is 5.89 Å². The summed E-state index contributed by atoms with van der Waals surface area (Å²) in [6.45, 7) is 4.53. The van der Waals surface area contributed by atoms with E-state index in [4.69, 9.17) is 25.6 Å². The van der Waals surface area contributed by atoms with E-state index < -0.39 is 0 Å². The van der Waals surface area contributed by atoms with Crippen molar-refractivity contribution in [3.8, 4) is 16.9 Å². The third-order valence-electron chi connectivity index (χ3n) is 3.65. The van der Waals surface area contributed by atoms with Crippen molar-refractivity contribution in [2.24, 2.45) is 0 Å². The van der Waals surface area contributed by atoms with Crippen molar-refractivity contribution in [1.82, 2.24) is 10.1 Å². The first-order valence-electron chi connectivity index (χ1n) is 8.09. The Labute approximate surface area is 151 Å². The van der Waals surface area contributed by atoms with E-state index in [0.29, 0.717) is 29.1 Å². The number of hydrogen-bond acceptors (Lipinski definition) is 5. The van der Waals surface area contributed by atoms with E-state index in [-0.39, 0.29) is 12.7 Å². The number of benzene rings is 2. The summed E-state index contributed by atoms with van der Waals surface area (Å²) in [6.07, 6.45) is -0.212. The molecule has 2 aromatic carbocycles. The Hall–Kier alpha value is -2.37. The Morgan fingerprint density at radius 1 is 1.12 bits per heavy atom. The lowest BCUT2D eigenvalue weighted by molar-refractivity contribution is 0.0683. The minimum atomic E-state index is -0.212. The maximum absolute atomic E-state index is 6.33. The standard InChI is InChI=1S/C19H19ClN2O3/c1-3-23-13(2)19-21-18(25-22-19)12-24-17-10-9-15(11-16(17)20)14-7-5-4-6-8-14/h4-11,13H,3,12H2,1-2H3. The van der Waals surface area contributed by atoms with Gasteiger partial charge in [0, 0.05) is 6.61 Å². The molecule has 1 atom stereocenters. The average Bonchev–Trinajstić information content (AvgIpc) is 3.11. The van der Waals surface area contributed by atoms with Gasteiger partial charge >= 0.3 is 0 Å². The molecule has 0 fully saturated rings. The van der Waals surface area contributed by atoms with Gasteiger partial charge in [-0.1, -0.05) is 53.2 Å². The maximum atomic E-state index is 6.33. The van der Waals surface area contributed by atoms with E-state index in [1.54, 1.807) is 0 Å². The molecule has 0 aliphatic heterocycles. The third kappa shape index (κ3) is 4.38. The number of hydrogen-bond donors (Lipinski definition) is 0. The van der Waals surface area contributed by atoms with Gasteiger partial charge in [-0.25, -0.2) is 0 Å². The highest BCUT2D eigenvalue weighted by Gasteiger charge is 2.14. The molecule has 0 bridgehead atoms. The van der Waals surface area contributed by atoms with Gasteiger partial charge < -0.3 is 14.0 Å². The normalized spacial score (nSPS) is 12.1. The van der Waals surface area contributed by atoms with Crippen LogP contribution in [0, 0.1) is 0 Å². The molecular weight excluding hydrogens is 340 g/mol. The smallest absolute Gasteiger partial charge is 0.264 e. The zero-order valence-electron chi connectivity index (χ0n) is 14.1. The molecule has 5 nitrogen and oxygen atoms in total. The van der Waals surface area contributed by atoms with Crippen molar-refractivity contribution in [2.75, 3.05) is 6.61 Å². The van der Waals surface area contributed by atoms with Crippen LogP contribution in [0.15, 0.2) is 53.1 Å². The minimum absolute atomic E-state index is 0.149. The van der Waals surface area contributed by atoms with Crippen molar-refractivity contribution in [2.45, 2.75) is 26.6 Å². The van der Waals surface area contributed by atoms with Crippen LogP contribution in [0.1, 0.15) is 31.7 Å². The van der Waals surface area contributed by atoms with E-state index >= 15 is 0 Å². The molecule has 0 amide bonds. The van der Waals surface area contributed by atoms with Crippen molar-refractivity contribution < 1.29 is 14.0 Å². The fourth-order valence-electron chi connectivity index (χ4n) is 2.38. The molecule has 6 heteroatoms. The lowest BCUT2D eigenvalue weighted by Gasteiger charge is -2.08. The van der Waals surface area contributed by atoms with Crippen LogP contribution in [0.3, 0.4) is 0 Å². The second-order valence-electron chi connectivity index (χ2n) is 5.44. The second kappa shape index (κ2) is 8.14. The summed E-state index contributed by atoms with van der Waals surface area (Å²) < 4.78 is 16.3. The Balaban J connectivity index is 1.66. The zero-order chi connectivity index (χ0) is 17.6. The fraction of sp³-hybridized carbons (Fsp3) is 0.263. The Kier molecular flexibility index (Phi) is 5.68. The summed E-state index contributed by atoms with van der Waals surface area (Å²) in [5.74, 6) is 1.45. The molecule has 3 aromatic rings. The first-order valence-corrected chi connectivity index (χ1v) is 8.47. The molecule has 0 aliphatic carbocycles. The molecule has 0 saturated heterocycles. The lowest BCUT2D eigenvalue weighted by Crippen LogP contribution is -2.02. The van der Waals surface area contributed by atoms with Gasteiger partial charge in [0.15, 0.2) is 12.4 Å². The van der Waals surface area contributed by atoms with Crippen LogP contribution in [0.2, 0.25) is 5.02 Å². The van der Waals surface area contributed by atoms with Gasteiger partial charge in [-0.05, 0) is 37.1 Å². The summed E-state index contributed by atoms with van der Waals surface area (Å²) >= 11 is 6.33. The number of halogens is 1. The first kappa shape index (κ1) is 17.5. The van der Waals surface area contributed by atoms with Crippen molar-refractivity contribution in [1.29, 1.82) is 0 Å². The van der Waals surface area contributed by atoms with Gasteiger partial charge in [-0.3, -0.25) is 0 Å². The molecule has 0 aliphatic rings. The van der Waals surface area contributed by atoms with Gasteiger partial charge in [-0.15, -0.1) is 0 Å². The van der Waals surface area contributed by atoms with Crippen molar-refractivity contribution in [3.63, 3.8) is 0 Å². The van der Waals surface area contributed by atoms with Crippen LogP contribution in [0.4, 0.5) is 0 Å². The highest BCUT2D eigenvalue weighted by molar-refractivity contribution is 6.32. The fourth-order valence-corrected chi connectivity index (χ4v) is 2.62. The number of ether oxygens (including phenoxy) is 2. The molecule has 0 radical (unpaired) electrons. The number of nitrogens with zero attached hydrogens (tertiary/aromatic N) is 2. The SMILES string of the molecule is CCOC(C)c1noc(COc2ccc(-c3ccccc3)cc2Cl)n1. The van der Waals surface area contributed by atoms with Gasteiger partial charge in [0.2, 0.25) is 0 Å². The molecular formula is C19H19ClN2O3. The van der Waals surface area contributed by atoms with Crippen LogP contribution in [0.5, 0.6) is 5.75 Å². The van der Waals surface area contributed by atoms with Crippen LogP contribution < -0.4 is 4.74 Å². The van der Waals surface area contributed by atoms with Crippen LogP contribution >= 0.6 is 11.6 Å². The molecule has 0 saturated carbocycles. The van der Waals surface area contributed by atoms with E-state index in [0.717, 1.165) is 11.1 Å². The molecule has 25 heavy (non-hydrogen) atoms. The van der Waals surface area contributed by atoms with E-state index in [9.17, 15) is 0 Å². The highest BCUT2D eigenvalue weighted by atomic mass is 35.5. The Bertz CT molecular complexity index is 821. The lowest BCUT2D eigenvalue weighted by atomic mass is 10.1. The number of aromatic nitrogens is 2.